The van der Waals surface area contributed by atoms with E-state index in [0.29, 0.717) is 0 Å². The summed E-state index contributed by atoms with van der Waals surface area (Å²) >= 11 is 0. The second-order valence-corrected chi connectivity index (χ2v) is 5.57. The average Bonchev–Trinajstić information content (AvgIpc) is 2.21. The molecule has 0 N–H and O–H groups in total. The zero-order chi connectivity index (χ0) is 11.1. The molecule has 1 unspecified atom stereocenters. The zero-order valence-corrected chi connectivity index (χ0v) is 10.9. The van der Waals surface area contributed by atoms with Crippen molar-refractivity contribution in [1.82, 2.24) is 9.21 Å². The quantitative estimate of drug-likeness (QED) is 0.701. The smallest absolute Gasteiger partial charge is 0.0969 e. The van der Waals surface area contributed by atoms with Crippen molar-refractivity contribution >= 4 is 11.0 Å². The van der Waals surface area contributed by atoms with E-state index >= 15 is 0 Å². The molecule has 0 amide bonds. The standard InChI is InChI=1S/C8H18N2OS.C2H6/c1-8(2)12(11)10-6-4-9(3)5-7-10;1-2/h8H,4-7H2,1-3H3;1-2H3. The summed E-state index contributed by atoms with van der Waals surface area (Å²) in [5.41, 5.74) is 0. The Morgan fingerprint density at radius 2 is 1.50 bits per heavy atom. The van der Waals surface area contributed by atoms with Crippen LogP contribution in [0.5, 0.6) is 0 Å². The first-order chi connectivity index (χ1) is 6.61. The molecule has 1 atom stereocenters. The molecule has 0 radical (unpaired) electrons. The van der Waals surface area contributed by atoms with E-state index in [1.54, 1.807) is 0 Å². The molecule has 86 valence electrons. The van der Waals surface area contributed by atoms with E-state index in [-0.39, 0.29) is 5.25 Å². The topological polar surface area (TPSA) is 23.6 Å². The highest BCUT2D eigenvalue weighted by Crippen LogP contribution is 2.06. The van der Waals surface area contributed by atoms with Crippen LogP contribution in [0.4, 0.5) is 0 Å². The fourth-order valence-corrected chi connectivity index (χ4v) is 2.39. The summed E-state index contributed by atoms with van der Waals surface area (Å²) in [6, 6.07) is 0. The van der Waals surface area contributed by atoms with Crippen LogP contribution in [0.25, 0.3) is 0 Å². The van der Waals surface area contributed by atoms with Gasteiger partial charge in [0.25, 0.3) is 0 Å². The first-order valence-corrected chi connectivity index (χ1v) is 6.62. The van der Waals surface area contributed by atoms with Gasteiger partial charge in [-0.2, -0.15) is 0 Å². The van der Waals surface area contributed by atoms with Gasteiger partial charge in [0.05, 0.1) is 11.0 Å². The van der Waals surface area contributed by atoms with E-state index < -0.39 is 11.0 Å². The van der Waals surface area contributed by atoms with Crippen molar-refractivity contribution in [3.8, 4) is 0 Å². The van der Waals surface area contributed by atoms with E-state index in [1.807, 2.05) is 27.7 Å². The molecule has 0 aliphatic carbocycles. The fourth-order valence-electron chi connectivity index (χ4n) is 1.27. The third kappa shape index (κ3) is 4.53. The van der Waals surface area contributed by atoms with Crippen LogP contribution < -0.4 is 0 Å². The van der Waals surface area contributed by atoms with E-state index in [9.17, 15) is 4.21 Å². The van der Waals surface area contributed by atoms with Gasteiger partial charge in [0.1, 0.15) is 0 Å². The Bertz CT molecular complexity index is 166. The maximum absolute atomic E-state index is 11.6. The van der Waals surface area contributed by atoms with Gasteiger partial charge >= 0.3 is 0 Å². The number of hydrogen-bond donors (Lipinski definition) is 0. The van der Waals surface area contributed by atoms with Gasteiger partial charge in [0.15, 0.2) is 0 Å². The molecule has 1 aliphatic heterocycles. The third-order valence-electron chi connectivity index (χ3n) is 2.12. The summed E-state index contributed by atoms with van der Waals surface area (Å²) in [5, 5.41) is 0.258. The molecule has 14 heavy (non-hydrogen) atoms. The molecule has 1 heterocycles. The van der Waals surface area contributed by atoms with Gasteiger partial charge in [0, 0.05) is 31.4 Å². The summed E-state index contributed by atoms with van der Waals surface area (Å²) < 4.78 is 13.7. The minimum Gasteiger partial charge on any atom is -0.304 e. The number of hydrogen-bond acceptors (Lipinski definition) is 2. The Balaban J connectivity index is 0.000000791. The molecule has 3 nitrogen and oxygen atoms in total. The van der Waals surface area contributed by atoms with Gasteiger partial charge in [-0.15, -0.1) is 0 Å². The summed E-state index contributed by atoms with van der Waals surface area (Å²) in [6.45, 7) is 12.0. The Labute approximate surface area is 91.1 Å². The van der Waals surface area contributed by atoms with E-state index in [4.69, 9.17) is 0 Å². The van der Waals surface area contributed by atoms with Crippen LogP contribution in [0.2, 0.25) is 0 Å². The number of rotatable bonds is 2. The number of piperazine rings is 1. The summed E-state index contributed by atoms with van der Waals surface area (Å²) in [6.07, 6.45) is 0. The highest BCUT2D eigenvalue weighted by molar-refractivity contribution is 7.83. The molecule has 0 aromatic carbocycles. The molecule has 0 aromatic heterocycles. The second-order valence-electron chi connectivity index (χ2n) is 3.56. The third-order valence-corrected chi connectivity index (χ3v) is 3.80. The average molecular weight is 220 g/mol. The van der Waals surface area contributed by atoms with Crippen LogP contribution in [0.1, 0.15) is 27.7 Å². The normalized spacial score (nSPS) is 21.6. The predicted octanol–water partition coefficient (Wildman–Crippen LogP) is 1.33. The minimum absolute atomic E-state index is 0.258. The lowest BCUT2D eigenvalue weighted by Crippen LogP contribution is -2.46. The first-order valence-electron chi connectivity index (χ1n) is 5.45. The monoisotopic (exact) mass is 220 g/mol. The first kappa shape index (κ1) is 14.1. The van der Waals surface area contributed by atoms with Crippen molar-refractivity contribution in [3.63, 3.8) is 0 Å². The van der Waals surface area contributed by atoms with Crippen molar-refractivity contribution < 1.29 is 4.21 Å². The maximum atomic E-state index is 11.6. The second kappa shape index (κ2) is 7.37. The van der Waals surface area contributed by atoms with Crippen LogP contribution in [0.3, 0.4) is 0 Å². The summed E-state index contributed by atoms with van der Waals surface area (Å²) in [7, 11) is 1.34. The predicted molar refractivity (Wildman–Crippen MR) is 63.7 cm³/mol. The lowest BCUT2D eigenvalue weighted by Gasteiger charge is -2.32. The van der Waals surface area contributed by atoms with Crippen LogP contribution in [-0.4, -0.2) is 51.9 Å². The Kier molecular flexibility index (Phi) is 7.41. The molecule has 4 heteroatoms. The van der Waals surface area contributed by atoms with E-state index in [2.05, 4.69) is 16.3 Å². The molecule has 0 saturated carbocycles. The number of nitrogens with zero attached hydrogens (tertiary/aromatic N) is 2. The van der Waals surface area contributed by atoms with Crippen LogP contribution in [0.15, 0.2) is 0 Å². The lowest BCUT2D eigenvalue weighted by atomic mass is 10.4. The molecular weight excluding hydrogens is 196 g/mol. The maximum Gasteiger partial charge on any atom is 0.0969 e. The number of likely N-dealkylation sites (N-methyl/N-ethyl adjacent to an activating group) is 1. The Hall–Kier alpha value is 0.0700. The van der Waals surface area contributed by atoms with Crippen molar-refractivity contribution in [2.24, 2.45) is 0 Å². The van der Waals surface area contributed by atoms with Crippen LogP contribution >= 0.6 is 0 Å². The van der Waals surface area contributed by atoms with Gasteiger partial charge in [-0.3, -0.25) is 0 Å². The Morgan fingerprint density at radius 1 is 1.07 bits per heavy atom. The van der Waals surface area contributed by atoms with Crippen molar-refractivity contribution in [3.05, 3.63) is 0 Å². The molecule has 1 rings (SSSR count). The molecule has 1 aliphatic rings. The summed E-state index contributed by atoms with van der Waals surface area (Å²) in [4.78, 5) is 2.27. The lowest BCUT2D eigenvalue weighted by molar-refractivity contribution is 0.227. The molecule has 0 aromatic rings. The fraction of sp³-hybridized carbons (Fsp3) is 1.00. The molecule has 0 spiro atoms. The van der Waals surface area contributed by atoms with Crippen molar-refractivity contribution in [1.29, 1.82) is 0 Å². The van der Waals surface area contributed by atoms with Gasteiger partial charge in [0.2, 0.25) is 0 Å². The van der Waals surface area contributed by atoms with E-state index in [1.165, 1.54) is 0 Å². The van der Waals surface area contributed by atoms with Gasteiger partial charge in [-0.05, 0) is 20.9 Å². The molecule has 1 saturated heterocycles. The minimum atomic E-state index is -0.766. The van der Waals surface area contributed by atoms with Gasteiger partial charge in [-0.1, -0.05) is 13.8 Å². The highest BCUT2D eigenvalue weighted by atomic mass is 32.2. The van der Waals surface area contributed by atoms with Crippen LogP contribution in [0, 0.1) is 0 Å². The van der Waals surface area contributed by atoms with Crippen molar-refractivity contribution in [2.45, 2.75) is 32.9 Å². The molecule has 1 fully saturated rings. The zero-order valence-electron chi connectivity index (χ0n) is 10.1. The van der Waals surface area contributed by atoms with Gasteiger partial charge < -0.3 is 4.90 Å². The molecular formula is C10H24N2OS. The van der Waals surface area contributed by atoms with Crippen LogP contribution in [-0.2, 0) is 11.0 Å². The molecule has 0 bridgehead atoms. The van der Waals surface area contributed by atoms with Crippen molar-refractivity contribution in [2.75, 3.05) is 33.2 Å². The SMILES string of the molecule is CC.CC(C)S(=O)N1CCN(C)CC1. The Morgan fingerprint density at radius 3 is 1.86 bits per heavy atom. The van der Waals surface area contributed by atoms with Gasteiger partial charge in [-0.25, -0.2) is 8.51 Å². The highest BCUT2D eigenvalue weighted by Gasteiger charge is 2.20. The summed E-state index contributed by atoms with van der Waals surface area (Å²) in [5.74, 6) is 0. The largest absolute Gasteiger partial charge is 0.304 e. The van der Waals surface area contributed by atoms with E-state index in [0.717, 1.165) is 26.2 Å².